The molecule has 3 heterocycles. The van der Waals surface area contributed by atoms with Gasteiger partial charge in [0.05, 0.1) is 17.9 Å². The molecule has 0 spiro atoms. The van der Waals surface area contributed by atoms with E-state index in [0.29, 0.717) is 19.0 Å². The first-order valence-electron chi connectivity index (χ1n) is 10.4. The van der Waals surface area contributed by atoms with Gasteiger partial charge in [0.25, 0.3) is 0 Å². The molecule has 30 heavy (non-hydrogen) atoms. The Bertz CT molecular complexity index is 997. The highest BCUT2D eigenvalue weighted by Gasteiger charge is 2.32. The maximum Gasteiger partial charge on any atom is 0.144 e. The Balaban J connectivity index is 1.47. The summed E-state index contributed by atoms with van der Waals surface area (Å²) in [6, 6.07) is 8.86. The molecule has 0 bridgehead atoms. The average Bonchev–Trinajstić information content (AvgIpc) is 3.02. The minimum Gasteiger partial charge on any atom is -0.370 e. The second-order valence-electron chi connectivity index (χ2n) is 8.48. The zero-order valence-corrected chi connectivity index (χ0v) is 19.2. The number of alkyl halides is 1. The molecule has 158 valence electrons. The van der Waals surface area contributed by atoms with Crippen LogP contribution in [0.2, 0.25) is 0 Å². The number of benzene rings is 1. The minimum absolute atomic E-state index is 0.104. The zero-order valence-electron chi connectivity index (χ0n) is 17.6. The van der Waals surface area contributed by atoms with Crippen molar-refractivity contribution < 1.29 is 4.39 Å². The van der Waals surface area contributed by atoms with Gasteiger partial charge in [-0.3, -0.25) is 4.39 Å². The standard InChI is InChI=1S/C24H28BrFN4/c1-15(2)20-8-5-18(6-9-20)7-10-21-11-16(3)30-24(27-21)22(23(25)28-30)17(4)29-13-19(12-26)14-29/h5-6,8-9,11,15,19,27H,3-4,7,10,12-14H2,1-2H3. The lowest BCUT2D eigenvalue weighted by Gasteiger charge is -2.41. The van der Waals surface area contributed by atoms with Gasteiger partial charge in [-0.25, -0.2) is 4.68 Å². The highest BCUT2D eigenvalue weighted by Crippen LogP contribution is 2.39. The molecule has 0 unspecified atom stereocenters. The van der Waals surface area contributed by atoms with Crippen molar-refractivity contribution in [1.29, 1.82) is 0 Å². The van der Waals surface area contributed by atoms with Gasteiger partial charge >= 0.3 is 0 Å². The van der Waals surface area contributed by atoms with Gasteiger partial charge in [-0.05, 0) is 51.9 Å². The molecule has 0 radical (unpaired) electrons. The summed E-state index contributed by atoms with van der Waals surface area (Å²) in [5.74, 6) is 1.52. The lowest BCUT2D eigenvalue weighted by atomic mass is 9.99. The topological polar surface area (TPSA) is 33.1 Å². The van der Waals surface area contributed by atoms with E-state index in [4.69, 9.17) is 0 Å². The summed E-state index contributed by atoms with van der Waals surface area (Å²) < 4.78 is 15.4. The van der Waals surface area contributed by atoms with Crippen LogP contribution in [0.15, 0.2) is 53.8 Å². The summed E-state index contributed by atoms with van der Waals surface area (Å²) in [7, 11) is 0. The number of rotatable bonds is 7. The van der Waals surface area contributed by atoms with Gasteiger partial charge < -0.3 is 10.2 Å². The molecule has 1 aromatic carbocycles. The van der Waals surface area contributed by atoms with Gasteiger partial charge in [0, 0.05) is 30.4 Å². The molecule has 0 atom stereocenters. The fourth-order valence-corrected chi connectivity index (χ4v) is 4.52. The number of nitrogens with one attached hydrogen (secondary N) is 1. The van der Waals surface area contributed by atoms with Crippen molar-refractivity contribution in [2.24, 2.45) is 5.92 Å². The molecule has 0 aliphatic carbocycles. The Morgan fingerprint density at radius 1 is 1.27 bits per heavy atom. The molecule has 1 saturated heterocycles. The molecule has 1 aromatic heterocycles. The average molecular weight is 471 g/mol. The van der Waals surface area contributed by atoms with Gasteiger partial charge in [-0.2, -0.15) is 5.10 Å². The largest absolute Gasteiger partial charge is 0.370 e. The summed E-state index contributed by atoms with van der Waals surface area (Å²) in [6.07, 6.45) is 3.87. The second kappa shape index (κ2) is 8.42. The van der Waals surface area contributed by atoms with Gasteiger partial charge in [0.1, 0.15) is 10.4 Å². The van der Waals surface area contributed by atoms with E-state index in [1.807, 2.05) is 6.08 Å². The van der Waals surface area contributed by atoms with Crippen LogP contribution >= 0.6 is 15.9 Å². The lowest BCUT2D eigenvalue weighted by Crippen LogP contribution is -2.46. The Hall–Kier alpha value is -2.34. The number of aryl methyl sites for hydroxylation is 1. The fraction of sp³-hybridized carbons (Fsp3) is 0.375. The first-order valence-corrected chi connectivity index (χ1v) is 11.2. The molecule has 6 heteroatoms. The molecule has 0 amide bonds. The highest BCUT2D eigenvalue weighted by molar-refractivity contribution is 9.10. The maximum atomic E-state index is 12.8. The Morgan fingerprint density at radius 3 is 2.60 bits per heavy atom. The second-order valence-corrected chi connectivity index (χ2v) is 9.23. The van der Waals surface area contributed by atoms with E-state index in [9.17, 15) is 4.39 Å². The SMILES string of the molecule is C=C(c1c(Br)nn2c1NC(CCc1ccc(C(C)C)cc1)=CC2=C)N1CC(CF)C1. The van der Waals surface area contributed by atoms with E-state index in [2.05, 4.69) is 82.5 Å². The molecule has 2 aliphatic rings. The van der Waals surface area contributed by atoms with E-state index in [1.165, 1.54) is 11.1 Å². The van der Waals surface area contributed by atoms with Gasteiger partial charge in [0.2, 0.25) is 0 Å². The molecule has 0 saturated carbocycles. The normalized spacial score (nSPS) is 16.2. The van der Waals surface area contributed by atoms with Crippen LogP contribution in [0.1, 0.15) is 42.9 Å². The van der Waals surface area contributed by atoms with E-state index >= 15 is 0 Å². The molecular weight excluding hydrogens is 443 g/mol. The summed E-state index contributed by atoms with van der Waals surface area (Å²) >= 11 is 3.58. The third-order valence-electron chi connectivity index (χ3n) is 5.91. The number of hydrogen-bond acceptors (Lipinski definition) is 3. The Labute approximate surface area is 186 Å². The molecule has 1 N–H and O–H groups in total. The van der Waals surface area contributed by atoms with E-state index in [0.717, 1.165) is 45.9 Å². The molecule has 2 aromatic rings. The van der Waals surface area contributed by atoms with Gasteiger partial charge in [-0.15, -0.1) is 0 Å². The number of likely N-dealkylation sites (tertiary alicyclic amines) is 1. The van der Waals surface area contributed by atoms with Crippen molar-refractivity contribution in [2.45, 2.75) is 32.6 Å². The number of nitrogens with zero attached hydrogens (tertiary/aromatic N) is 3. The van der Waals surface area contributed by atoms with Crippen LogP contribution < -0.4 is 5.32 Å². The molecular formula is C24H28BrFN4. The van der Waals surface area contributed by atoms with E-state index in [1.54, 1.807) is 4.68 Å². The van der Waals surface area contributed by atoms with Crippen LogP contribution in [0.25, 0.3) is 11.4 Å². The monoisotopic (exact) mass is 470 g/mol. The van der Waals surface area contributed by atoms with Crippen molar-refractivity contribution in [3.05, 3.63) is 70.5 Å². The van der Waals surface area contributed by atoms with Gasteiger partial charge in [0.15, 0.2) is 0 Å². The summed E-state index contributed by atoms with van der Waals surface area (Å²) in [5.41, 5.74) is 6.38. The third-order valence-corrected chi connectivity index (χ3v) is 6.46. The van der Waals surface area contributed by atoms with Crippen LogP contribution in [0.5, 0.6) is 0 Å². The number of anilines is 1. The minimum atomic E-state index is -0.281. The smallest absolute Gasteiger partial charge is 0.144 e. The molecule has 4 nitrogen and oxygen atoms in total. The Kier molecular flexibility index (Phi) is 5.87. The number of allylic oxidation sites excluding steroid dienone is 3. The maximum absolute atomic E-state index is 12.8. The van der Waals surface area contributed by atoms with Crippen molar-refractivity contribution in [3.8, 4) is 0 Å². The van der Waals surface area contributed by atoms with Crippen LogP contribution in [0.4, 0.5) is 10.2 Å². The first-order chi connectivity index (χ1) is 14.4. The predicted octanol–water partition coefficient (Wildman–Crippen LogP) is 6.05. The summed E-state index contributed by atoms with van der Waals surface area (Å²) in [4.78, 5) is 2.10. The van der Waals surface area contributed by atoms with Crippen LogP contribution in [0.3, 0.4) is 0 Å². The van der Waals surface area contributed by atoms with Crippen molar-refractivity contribution in [3.63, 3.8) is 0 Å². The molecule has 2 aliphatic heterocycles. The quantitative estimate of drug-likeness (QED) is 0.534. The first kappa shape index (κ1) is 20.9. The zero-order chi connectivity index (χ0) is 21.4. The highest BCUT2D eigenvalue weighted by atomic mass is 79.9. The number of fused-ring (bicyclic) bond motifs is 1. The third kappa shape index (κ3) is 3.97. The Morgan fingerprint density at radius 2 is 1.97 bits per heavy atom. The fourth-order valence-electron chi connectivity index (χ4n) is 3.95. The summed E-state index contributed by atoms with van der Waals surface area (Å²) in [5, 5.41) is 8.11. The number of aromatic nitrogens is 2. The van der Waals surface area contributed by atoms with E-state index < -0.39 is 0 Å². The van der Waals surface area contributed by atoms with Crippen molar-refractivity contribution in [1.82, 2.24) is 14.7 Å². The predicted molar refractivity (Wildman–Crippen MR) is 126 cm³/mol. The van der Waals surface area contributed by atoms with Crippen molar-refractivity contribution in [2.75, 3.05) is 25.1 Å². The molecule has 4 rings (SSSR count). The van der Waals surface area contributed by atoms with Crippen LogP contribution in [-0.2, 0) is 6.42 Å². The lowest BCUT2D eigenvalue weighted by molar-refractivity contribution is 0.143. The number of hydrogen-bond donors (Lipinski definition) is 1. The van der Waals surface area contributed by atoms with E-state index in [-0.39, 0.29) is 12.6 Å². The molecule has 1 fully saturated rings. The van der Waals surface area contributed by atoms with Crippen LogP contribution in [-0.4, -0.2) is 34.4 Å². The number of halogens is 2. The van der Waals surface area contributed by atoms with Crippen LogP contribution in [0, 0.1) is 5.92 Å². The van der Waals surface area contributed by atoms with Crippen molar-refractivity contribution >= 4 is 33.1 Å². The van der Waals surface area contributed by atoms with Gasteiger partial charge in [-0.1, -0.05) is 51.3 Å². The summed E-state index contributed by atoms with van der Waals surface area (Å²) in [6.45, 7) is 14.0.